The first-order valence-corrected chi connectivity index (χ1v) is 20.4. The summed E-state index contributed by atoms with van der Waals surface area (Å²) < 4.78 is 58.9. The molecule has 0 atom stereocenters. The molecule has 3 saturated heterocycles. The van der Waals surface area contributed by atoms with Gasteiger partial charge >= 0.3 is 36.2 Å². The summed E-state index contributed by atoms with van der Waals surface area (Å²) in [5, 5.41) is 0. The number of amides is 3. The van der Waals surface area contributed by atoms with Crippen molar-refractivity contribution < 1.29 is 70.8 Å². The highest BCUT2D eigenvalue weighted by molar-refractivity contribution is 6.00. The van der Waals surface area contributed by atoms with Gasteiger partial charge in [-0.05, 0) is 95.9 Å². The topological polar surface area (TPSA) is 185 Å². The van der Waals surface area contributed by atoms with Gasteiger partial charge in [0.25, 0.3) is 0 Å². The van der Waals surface area contributed by atoms with E-state index in [1.165, 1.54) is 9.80 Å². The number of rotatable bonds is 8. The van der Waals surface area contributed by atoms with Crippen molar-refractivity contribution in [3.63, 3.8) is 0 Å². The van der Waals surface area contributed by atoms with Crippen LogP contribution in [0.5, 0.6) is 0 Å². The minimum Gasteiger partial charge on any atom is -0.466 e. The molecule has 59 heavy (non-hydrogen) atoms. The molecule has 3 amide bonds. The highest BCUT2D eigenvalue weighted by Crippen LogP contribution is 2.31. The van der Waals surface area contributed by atoms with Gasteiger partial charge < -0.3 is 43.1 Å². The van der Waals surface area contributed by atoms with Crippen LogP contribution >= 0.6 is 0 Å². The summed E-state index contributed by atoms with van der Waals surface area (Å²) >= 11 is 0. The zero-order chi connectivity index (χ0) is 45.4. The summed E-state index contributed by atoms with van der Waals surface area (Å²) in [6.45, 7) is 23.4. The number of Topliss-reactive ketones (excluding diaryl/α,β-unsaturated/α-hetero) is 1. The van der Waals surface area contributed by atoms with E-state index < -0.39 is 64.5 Å². The lowest BCUT2D eigenvalue weighted by molar-refractivity contribution is -0.160. The summed E-state index contributed by atoms with van der Waals surface area (Å²) in [4.78, 5) is 86.1. The Kier molecular flexibility index (Phi) is 20.5. The Morgan fingerprint density at radius 2 is 0.864 bits per heavy atom. The van der Waals surface area contributed by atoms with Gasteiger partial charge in [-0.25, -0.2) is 28.0 Å². The van der Waals surface area contributed by atoms with E-state index in [-0.39, 0.29) is 83.1 Å². The van der Waals surface area contributed by atoms with Gasteiger partial charge in [-0.3, -0.25) is 14.4 Å². The number of esters is 3. The van der Waals surface area contributed by atoms with E-state index in [0.29, 0.717) is 32.5 Å². The molecule has 3 aliphatic rings. The average Bonchev–Trinajstić information content (AvgIpc) is 3.11. The summed E-state index contributed by atoms with van der Waals surface area (Å²) in [7, 11) is 0. The number of piperidine rings is 3. The van der Waals surface area contributed by atoms with Crippen LogP contribution in [0, 0.1) is 5.92 Å². The molecule has 340 valence electrons. The van der Waals surface area contributed by atoms with Crippen molar-refractivity contribution in [1.29, 1.82) is 0 Å². The van der Waals surface area contributed by atoms with Crippen molar-refractivity contribution in [1.82, 2.24) is 14.7 Å². The zero-order valence-corrected chi connectivity index (χ0v) is 37.3. The smallest absolute Gasteiger partial charge is 0.410 e. The van der Waals surface area contributed by atoms with Crippen molar-refractivity contribution in [2.75, 3.05) is 59.1 Å². The third kappa shape index (κ3) is 19.6. The Hall–Kier alpha value is -4.25. The van der Waals surface area contributed by atoms with Crippen LogP contribution in [0.2, 0.25) is 0 Å². The number of ether oxygens (including phenoxy) is 6. The predicted molar refractivity (Wildman–Crippen MR) is 212 cm³/mol. The number of alkyl halides is 2. The van der Waals surface area contributed by atoms with Crippen LogP contribution in [0.1, 0.15) is 128 Å². The highest BCUT2D eigenvalue weighted by Gasteiger charge is 2.45. The van der Waals surface area contributed by atoms with Crippen molar-refractivity contribution in [3.05, 3.63) is 0 Å². The molecule has 0 aromatic carbocycles. The second kappa shape index (κ2) is 22.9. The molecule has 3 heterocycles. The van der Waals surface area contributed by atoms with Crippen LogP contribution in [0.25, 0.3) is 0 Å². The van der Waals surface area contributed by atoms with Crippen LogP contribution in [0.15, 0.2) is 0 Å². The Balaban J connectivity index is 0.000000445. The average molecular weight is 850 g/mol. The number of ketones is 1. The molecule has 0 saturated carbocycles. The molecule has 0 bridgehead atoms. The first kappa shape index (κ1) is 52.8. The van der Waals surface area contributed by atoms with Gasteiger partial charge in [-0.1, -0.05) is 0 Å². The van der Waals surface area contributed by atoms with Crippen molar-refractivity contribution in [2.45, 2.75) is 156 Å². The Morgan fingerprint density at radius 3 is 1.20 bits per heavy atom. The second-order valence-corrected chi connectivity index (χ2v) is 17.5. The van der Waals surface area contributed by atoms with Gasteiger partial charge in [-0.2, -0.15) is 0 Å². The number of hydrogen-bond donors (Lipinski definition) is 0. The van der Waals surface area contributed by atoms with E-state index in [0.717, 1.165) is 0 Å². The van der Waals surface area contributed by atoms with Gasteiger partial charge in [0, 0.05) is 65.0 Å². The maximum Gasteiger partial charge on any atom is 0.410 e. The fourth-order valence-electron chi connectivity index (χ4n) is 5.87. The fourth-order valence-corrected chi connectivity index (χ4v) is 5.87. The molecular weight excluding hydrogens is 780 g/mol. The molecule has 0 aliphatic carbocycles. The van der Waals surface area contributed by atoms with Crippen LogP contribution in [-0.2, 0) is 47.6 Å². The molecule has 3 rings (SSSR count). The van der Waals surface area contributed by atoms with E-state index in [9.17, 15) is 42.3 Å². The first-order valence-electron chi connectivity index (χ1n) is 20.4. The molecule has 0 aromatic rings. The van der Waals surface area contributed by atoms with Crippen LogP contribution < -0.4 is 0 Å². The largest absolute Gasteiger partial charge is 0.466 e. The molecule has 16 nitrogen and oxygen atoms in total. The molecule has 3 fully saturated rings. The molecule has 0 spiro atoms. The van der Waals surface area contributed by atoms with Crippen LogP contribution in [-0.4, -0.2) is 144 Å². The van der Waals surface area contributed by atoms with E-state index in [1.54, 1.807) is 67.2 Å². The molecule has 3 aliphatic heterocycles. The van der Waals surface area contributed by atoms with Gasteiger partial charge in [0.15, 0.2) is 11.5 Å². The Morgan fingerprint density at radius 1 is 0.525 bits per heavy atom. The van der Waals surface area contributed by atoms with E-state index >= 15 is 0 Å². The van der Waals surface area contributed by atoms with Gasteiger partial charge in [0.1, 0.15) is 23.2 Å². The summed E-state index contributed by atoms with van der Waals surface area (Å²) in [5.41, 5.74) is -5.74. The quantitative estimate of drug-likeness (QED) is 0.142. The standard InChI is InChI=1S/C15H24FNO5.C13H22FNO4.C13H23NO4/c1-5-21-12(19)10-11(18)15(16)6-8-17(9-7-15)13(20)22-14(2,3)4;1-5-18-10(16)13(14)6-8-15(9-7-13)11(17)19-12(2,3)4;1-5-17-11(15)10-6-8-14(9-7-10)12(16)18-13(2,3)4/h5-10H2,1-4H3;5-9H2,1-4H3;10H,5-9H2,1-4H3. The van der Waals surface area contributed by atoms with Gasteiger partial charge in [-0.15, -0.1) is 0 Å². The normalized spacial score (nSPS) is 18.0. The first-order chi connectivity index (χ1) is 27.1. The fraction of sp³-hybridized carbons (Fsp3) is 0.829. The summed E-state index contributed by atoms with van der Waals surface area (Å²) in [6, 6.07) is 0. The molecule has 0 N–H and O–H groups in total. The van der Waals surface area contributed by atoms with Crippen LogP contribution in [0.3, 0.4) is 0 Å². The lowest BCUT2D eigenvalue weighted by Gasteiger charge is -2.36. The maximum atomic E-state index is 14.6. The summed E-state index contributed by atoms with van der Waals surface area (Å²) in [5.74, 6) is -2.57. The van der Waals surface area contributed by atoms with E-state index in [1.807, 2.05) is 20.8 Å². The molecular formula is C41H69F2N3O13. The van der Waals surface area contributed by atoms with E-state index in [4.69, 9.17) is 23.7 Å². The Labute approximate surface area is 348 Å². The molecule has 0 aromatic heterocycles. The molecule has 18 heteroatoms. The SMILES string of the molecule is CCOC(=O)C1(F)CCN(C(=O)OC(C)(C)C)CC1.CCOC(=O)C1CCN(C(=O)OC(C)(C)C)CC1.CCOC(=O)CC(=O)C1(F)CCN(C(=O)OC(C)(C)C)CC1. The Bertz CT molecular complexity index is 1410. The zero-order valence-electron chi connectivity index (χ0n) is 37.3. The number of halogens is 2. The lowest BCUT2D eigenvalue weighted by atomic mass is 9.87. The summed E-state index contributed by atoms with van der Waals surface area (Å²) in [6.07, 6.45) is -0.937. The second-order valence-electron chi connectivity index (χ2n) is 17.5. The maximum absolute atomic E-state index is 14.6. The lowest BCUT2D eigenvalue weighted by Crippen LogP contribution is -2.50. The van der Waals surface area contributed by atoms with Crippen molar-refractivity contribution >= 4 is 42.0 Å². The van der Waals surface area contributed by atoms with E-state index in [2.05, 4.69) is 4.74 Å². The minimum atomic E-state index is -2.08. The number of carbonyl (C=O) groups is 7. The van der Waals surface area contributed by atoms with Gasteiger partial charge in [0.2, 0.25) is 5.67 Å². The highest BCUT2D eigenvalue weighted by atomic mass is 19.1. The molecule has 0 unspecified atom stereocenters. The van der Waals surface area contributed by atoms with Crippen molar-refractivity contribution in [3.8, 4) is 0 Å². The third-order valence-electron chi connectivity index (χ3n) is 8.93. The minimum absolute atomic E-state index is 0.0505. The number of carbonyl (C=O) groups excluding carboxylic acids is 7. The number of nitrogens with zero attached hydrogens (tertiary/aromatic N) is 3. The van der Waals surface area contributed by atoms with Gasteiger partial charge in [0.05, 0.1) is 25.7 Å². The monoisotopic (exact) mass is 849 g/mol. The predicted octanol–water partition coefficient (Wildman–Crippen LogP) is 6.73. The number of hydrogen-bond acceptors (Lipinski definition) is 13. The van der Waals surface area contributed by atoms with Crippen molar-refractivity contribution in [2.24, 2.45) is 5.92 Å². The number of likely N-dealkylation sites (tertiary alicyclic amines) is 3. The van der Waals surface area contributed by atoms with Crippen LogP contribution in [0.4, 0.5) is 23.2 Å². The molecule has 0 radical (unpaired) electrons. The third-order valence-corrected chi connectivity index (χ3v) is 8.93.